The predicted octanol–water partition coefficient (Wildman–Crippen LogP) is 2.51. The summed E-state index contributed by atoms with van der Waals surface area (Å²) in [5.74, 6) is -1.29. The molecule has 0 spiro atoms. The zero-order valence-corrected chi connectivity index (χ0v) is 16.9. The Kier molecular flexibility index (Phi) is 6.03. The number of rotatable bonds is 6. The van der Waals surface area contributed by atoms with E-state index in [4.69, 9.17) is 0 Å². The van der Waals surface area contributed by atoms with Crippen molar-refractivity contribution in [1.82, 2.24) is 19.7 Å². The fourth-order valence-corrected chi connectivity index (χ4v) is 3.19. The molecule has 0 atom stereocenters. The van der Waals surface area contributed by atoms with Crippen molar-refractivity contribution in [2.24, 2.45) is 0 Å². The molecule has 1 N–H and O–H groups in total. The summed E-state index contributed by atoms with van der Waals surface area (Å²) >= 11 is 0. The number of nitrogens with one attached hydrogen (secondary N) is 1. The number of para-hydroxylation sites is 1. The Morgan fingerprint density at radius 1 is 0.875 bits per heavy atom. The first-order valence-electron chi connectivity index (χ1n) is 9.89. The van der Waals surface area contributed by atoms with Gasteiger partial charge in [0.25, 0.3) is 11.5 Å². The molecule has 160 valence electrons. The standard InChI is InChI=1S/C24H19FN4O3/c25-20-14-8-7-11-18(20)16-28-23(31)21(22(30)26-15-17-9-3-1-4-10-17)27-29(24(28)32)19-12-5-2-6-13-19/h1-14H,15-16H2,(H,26,30). The van der Waals surface area contributed by atoms with Crippen molar-refractivity contribution in [2.75, 3.05) is 0 Å². The molecule has 0 aliphatic heterocycles. The Morgan fingerprint density at radius 3 is 2.19 bits per heavy atom. The highest BCUT2D eigenvalue weighted by molar-refractivity contribution is 5.91. The molecule has 0 saturated carbocycles. The smallest absolute Gasteiger partial charge is 0.346 e. The number of amides is 1. The molecule has 1 heterocycles. The lowest BCUT2D eigenvalue weighted by molar-refractivity contribution is 0.0941. The van der Waals surface area contributed by atoms with Crippen LogP contribution in [0.5, 0.6) is 0 Å². The number of hydrogen-bond donors (Lipinski definition) is 1. The first-order chi connectivity index (χ1) is 15.5. The van der Waals surface area contributed by atoms with E-state index in [1.165, 1.54) is 18.2 Å². The molecule has 1 aromatic heterocycles. The number of nitrogens with zero attached hydrogens (tertiary/aromatic N) is 3. The zero-order valence-electron chi connectivity index (χ0n) is 16.9. The topological polar surface area (TPSA) is 86.0 Å². The summed E-state index contributed by atoms with van der Waals surface area (Å²) in [6.07, 6.45) is 0. The van der Waals surface area contributed by atoms with Crippen LogP contribution >= 0.6 is 0 Å². The van der Waals surface area contributed by atoms with E-state index in [0.717, 1.165) is 14.8 Å². The second kappa shape index (κ2) is 9.22. The summed E-state index contributed by atoms with van der Waals surface area (Å²) < 4.78 is 16.0. The SMILES string of the molecule is O=C(NCc1ccccc1)c1nn(-c2ccccc2)c(=O)n(Cc2ccccc2F)c1=O. The average Bonchev–Trinajstić information content (AvgIpc) is 2.82. The number of carbonyl (C=O) groups excluding carboxylic acids is 1. The third-order valence-corrected chi connectivity index (χ3v) is 4.86. The van der Waals surface area contributed by atoms with E-state index in [9.17, 15) is 18.8 Å². The van der Waals surface area contributed by atoms with Crippen LogP contribution in [0.4, 0.5) is 4.39 Å². The van der Waals surface area contributed by atoms with E-state index >= 15 is 0 Å². The maximum Gasteiger partial charge on any atom is 0.352 e. The molecule has 4 aromatic rings. The molecule has 8 heteroatoms. The van der Waals surface area contributed by atoms with Gasteiger partial charge in [-0.05, 0) is 23.8 Å². The normalized spacial score (nSPS) is 10.7. The number of benzene rings is 3. The van der Waals surface area contributed by atoms with Gasteiger partial charge in [-0.25, -0.2) is 9.18 Å². The van der Waals surface area contributed by atoms with Gasteiger partial charge in [0.2, 0.25) is 5.69 Å². The summed E-state index contributed by atoms with van der Waals surface area (Å²) in [6, 6.07) is 23.4. The van der Waals surface area contributed by atoms with E-state index in [1.54, 1.807) is 36.4 Å². The Balaban J connectivity index is 1.78. The first kappa shape index (κ1) is 20.9. The summed E-state index contributed by atoms with van der Waals surface area (Å²) in [5.41, 5.74) is -0.769. The van der Waals surface area contributed by atoms with Crippen LogP contribution in [-0.4, -0.2) is 20.3 Å². The molecule has 0 fully saturated rings. The van der Waals surface area contributed by atoms with Crippen molar-refractivity contribution < 1.29 is 9.18 Å². The second-order valence-electron chi connectivity index (χ2n) is 7.03. The number of halogens is 1. The quantitative estimate of drug-likeness (QED) is 0.509. The van der Waals surface area contributed by atoms with Crippen LogP contribution < -0.4 is 16.6 Å². The minimum atomic E-state index is -0.893. The van der Waals surface area contributed by atoms with Crippen LogP contribution in [0.1, 0.15) is 21.6 Å². The molecule has 0 unspecified atom stereocenters. The maximum atomic E-state index is 14.2. The van der Waals surface area contributed by atoms with Crippen molar-refractivity contribution in [3.05, 3.63) is 128 Å². The van der Waals surface area contributed by atoms with E-state index in [0.29, 0.717) is 5.69 Å². The molecule has 0 bridgehead atoms. The van der Waals surface area contributed by atoms with Gasteiger partial charge < -0.3 is 5.32 Å². The molecule has 1 amide bonds. The molecular weight excluding hydrogens is 411 g/mol. The highest BCUT2D eigenvalue weighted by Gasteiger charge is 2.21. The zero-order chi connectivity index (χ0) is 22.5. The predicted molar refractivity (Wildman–Crippen MR) is 117 cm³/mol. The third-order valence-electron chi connectivity index (χ3n) is 4.86. The monoisotopic (exact) mass is 430 g/mol. The van der Waals surface area contributed by atoms with Gasteiger partial charge in [-0.3, -0.25) is 14.2 Å². The molecule has 0 saturated heterocycles. The minimum Gasteiger partial charge on any atom is -0.346 e. The number of aromatic nitrogens is 3. The minimum absolute atomic E-state index is 0.146. The van der Waals surface area contributed by atoms with Crippen LogP contribution in [0, 0.1) is 5.82 Å². The van der Waals surface area contributed by atoms with Crippen molar-refractivity contribution in [2.45, 2.75) is 13.1 Å². The fourth-order valence-electron chi connectivity index (χ4n) is 3.19. The van der Waals surface area contributed by atoms with Gasteiger partial charge in [-0.15, -0.1) is 0 Å². The van der Waals surface area contributed by atoms with Crippen molar-refractivity contribution in [1.29, 1.82) is 0 Å². The molecule has 0 radical (unpaired) electrons. The molecule has 4 rings (SSSR count). The summed E-state index contributed by atoms with van der Waals surface area (Å²) in [7, 11) is 0. The van der Waals surface area contributed by atoms with Gasteiger partial charge in [0, 0.05) is 12.1 Å². The molecule has 3 aromatic carbocycles. The highest BCUT2D eigenvalue weighted by atomic mass is 19.1. The molecule has 7 nitrogen and oxygen atoms in total. The average molecular weight is 430 g/mol. The largest absolute Gasteiger partial charge is 0.352 e. The van der Waals surface area contributed by atoms with Gasteiger partial charge in [-0.1, -0.05) is 66.7 Å². The van der Waals surface area contributed by atoms with E-state index in [-0.39, 0.29) is 18.7 Å². The Morgan fingerprint density at radius 2 is 1.50 bits per heavy atom. The molecular formula is C24H19FN4O3. The van der Waals surface area contributed by atoms with Crippen molar-refractivity contribution >= 4 is 5.91 Å². The third kappa shape index (κ3) is 4.39. The Hall–Kier alpha value is -4.33. The van der Waals surface area contributed by atoms with Gasteiger partial charge in [0.05, 0.1) is 12.2 Å². The van der Waals surface area contributed by atoms with Crippen LogP contribution in [0.3, 0.4) is 0 Å². The molecule has 32 heavy (non-hydrogen) atoms. The van der Waals surface area contributed by atoms with Gasteiger partial charge >= 0.3 is 5.69 Å². The lowest BCUT2D eigenvalue weighted by atomic mass is 10.2. The summed E-state index contributed by atoms with van der Waals surface area (Å²) in [4.78, 5) is 38.9. The van der Waals surface area contributed by atoms with Crippen molar-refractivity contribution in [3.8, 4) is 5.69 Å². The summed E-state index contributed by atoms with van der Waals surface area (Å²) in [5, 5.41) is 6.70. The van der Waals surface area contributed by atoms with E-state index < -0.39 is 28.7 Å². The molecule has 0 aliphatic rings. The van der Waals surface area contributed by atoms with Crippen molar-refractivity contribution in [3.63, 3.8) is 0 Å². The second-order valence-corrected chi connectivity index (χ2v) is 7.03. The van der Waals surface area contributed by atoms with Crippen LogP contribution in [0.2, 0.25) is 0 Å². The van der Waals surface area contributed by atoms with Gasteiger partial charge in [0.15, 0.2) is 0 Å². The Labute approximate surface area is 182 Å². The summed E-state index contributed by atoms with van der Waals surface area (Å²) in [6.45, 7) is -0.156. The lowest BCUT2D eigenvalue weighted by Gasteiger charge is -2.12. The first-order valence-corrected chi connectivity index (χ1v) is 9.89. The van der Waals surface area contributed by atoms with Crippen LogP contribution in [0.25, 0.3) is 5.69 Å². The lowest BCUT2D eigenvalue weighted by Crippen LogP contribution is -2.46. The Bertz CT molecular complexity index is 1370. The maximum absolute atomic E-state index is 14.2. The van der Waals surface area contributed by atoms with E-state index in [1.807, 2.05) is 30.3 Å². The molecule has 0 aliphatic carbocycles. The fraction of sp³-hybridized carbons (Fsp3) is 0.0833. The van der Waals surface area contributed by atoms with Gasteiger partial charge in [0.1, 0.15) is 5.82 Å². The number of hydrogen-bond acceptors (Lipinski definition) is 4. The van der Waals surface area contributed by atoms with E-state index in [2.05, 4.69) is 10.4 Å². The van der Waals surface area contributed by atoms with Crippen LogP contribution in [0.15, 0.2) is 94.5 Å². The van der Waals surface area contributed by atoms with Gasteiger partial charge in [-0.2, -0.15) is 9.78 Å². The highest BCUT2D eigenvalue weighted by Crippen LogP contribution is 2.08. The number of carbonyl (C=O) groups is 1. The van der Waals surface area contributed by atoms with Crippen LogP contribution in [-0.2, 0) is 13.1 Å².